The van der Waals surface area contributed by atoms with E-state index in [0.29, 0.717) is 0 Å². The monoisotopic (exact) mass is 454 g/mol. The predicted molar refractivity (Wildman–Crippen MR) is 146 cm³/mol. The molecule has 0 amide bonds. The van der Waals surface area contributed by atoms with Crippen LogP contribution in [0.2, 0.25) is 0 Å². The molecule has 0 atom stereocenters. The van der Waals surface area contributed by atoms with E-state index in [9.17, 15) is 0 Å². The Hall–Kier alpha value is -3.41. The summed E-state index contributed by atoms with van der Waals surface area (Å²) in [5.41, 5.74) is 13.1. The number of nitrogens with one attached hydrogen (secondary N) is 1. The minimum Gasteiger partial charge on any atom is -1.00 e. The van der Waals surface area contributed by atoms with Crippen molar-refractivity contribution >= 4 is 69.4 Å². The molecule has 5 heteroatoms. The summed E-state index contributed by atoms with van der Waals surface area (Å²) in [4.78, 5) is 13.2. The van der Waals surface area contributed by atoms with Crippen molar-refractivity contribution in [3.8, 4) is 11.1 Å². The van der Waals surface area contributed by atoms with E-state index >= 15 is 0 Å². The van der Waals surface area contributed by atoms with Crippen LogP contribution in [0.1, 0.15) is 36.8 Å². The minimum atomic E-state index is 0. The van der Waals surface area contributed by atoms with Gasteiger partial charge in [-0.2, -0.15) is 0 Å². The molecule has 2 aliphatic heterocycles. The molecule has 1 aromatic carbocycles. The second-order valence-electron chi connectivity index (χ2n) is 8.64. The van der Waals surface area contributed by atoms with Crippen molar-refractivity contribution in [1.29, 1.82) is 0 Å². The smallest absolute Gasteiger partial charge is 1.00 e. The molecule has 4 nitrogen and oxygen atoms in total. The largest absolute Gasteiger partial charge is 2.00 e. The normalized spacial score (nSPS) is 12.1. The molecule has 5 heterocycles. The first-order valence-corrected chi connectivity index (χ1v) is 11.2. The van der Waals surface area contributed by atoms with Gasteiger partial charge >= 0.3 is 23.1 Å². The van der Waals surface area contributed by atoms with Crippen molar-refractivity contribution in [2.75, 3.05) is 0 Å². The Bertz CT molecular complexity index is 1650. The number of hydrogen-bond donors (Lipinski definition) is 1. The topological polar surface area (TPSA) is 46.5 Å². The second-order valence-corrected chi connectivity index (χ2v) is 8.64. The fourth-order valence-electron chi connectivity index (χ4n) is 4.92. The van der Waals surface area contributed by atoms with Gasteiger partial charge in [-0.3, -0.25) is 0 Å². The van der Waals surface area contributed by atoms with Gasteiger partial charge in [-0.15, -0.1) is 0 Å². The Kier molecular flexibility index (Phi) is 5.76. The number of aromatic amines is 1. The molecule has 0 aliphatic carbocycles. The summed E-state index contributed by atoms with van der Waals surface area (Å²) in [6.07, 6.45) is 8.33. The number of H-pyrrole nitrogens is 1. The van der Waals surface area contributed by atoms with E-state index in [4.69, 9.17) is 9.97 Å². The molecule has 8 bridgehead atoms. The van der Waals surface area contributed by atoms with Crippen LogP contribution < -0.4 is 0 Å². The van der Waals surface area contributed by atoms with Crippen LogP contribution in [-0.2, 0) is 7.05 Å². The van der Waals surface area contributed by atoms with Gasteiger partial charge in [0.15, 0.2) is 0 Å². The van der Waals surface area contributed by atoms with Crippen LogP contribution in [0, 0.1) is 13.8 Å². The molecule has 164 valence electrons. The molecular formula is C29H26MgN4. The first-order valence-electron chi connectivity index (χ1n) is 11.2. The van der Waals surface area contributed by atoms with Crippen LogP contribution >= 0.6 is 0 Å². The molecular weight excluding hydrogens is 429 g/mol. The molecule has 0 spiro atoms. The SMILES string of the molecule is Cc1c2nc(cc3ccc(cc4nc(cc5c(-c6ccccc6)c(C)c1n5C)C=C4)[nH]3)C=C2.[H-].[H-].[Mg+2]. The third-order valence-corrected chi connectivity index (χ3v) is 6.45. The maximum atomic E-state index is 4.93. The van der Waals surface area contributed by atoms with Crippen molar-refractivity contribution in [2.24, 2.45) is 7.05 Å². The van der Waals surface area contributed by atoms with E-state index < -0.39 is 0 Å². The summed E-state index contributed by atoms with van der Waals surface area (Å²) >= 11 is 0. The van der Waals surface area contributed by atoms with Crippen molar-refractivity contribution in [2.45, 2.75) is 13.8 Å². The quantitative estimate of drug-likeness (QED) is 0.278. The number of fused-ring (bicyclic) bond motifs is 8. The molecule has 0 saturated heterocycles. The first kappa shape index (κ1) is 22.4. The van der Waals surface area contributed by atoms with Gasteiger partial charge in [-0.25, -0.2) is 9.97 Å². The first-order chi connectivity index (χ1) is 16.1. The van der Waals surface area contributed by atoms with E-state index in [-0.39, 0.29) is 25.9 Å². The zero-order valence-corrected chi connectivity index (χ0v) is 21.0. The molecule has 0 unspecified atom stereocenters. The van der Waals surface area contributed by atoms with E-state index in [2.05, 4.69) is 115 Å². The van der Waals surface area contributed by atoms with Crippen LogP contribution in [0.4, 0.5) is 0 Å². The summed E-state index contributed by atoms with van der Waals surface area (Å²) in [7, 11) is 2.14. The third kappa shape index (κ3) is 3.81. The number of aryl methyl sites for hydroxylation is 3. The molecule has 3 aromatic heterocycles. The Balaban J connectivity index is 0.00000120. The molecule has 0 fully saturated rings. The fraction of sp³-hybridized carbons (Fsp3) is 0.103. The molecule has 4 aromatic rings. The molecule has 34 heavy (non-hydrogen) atoms. The molecule has 0 radical (unpaired) electrons. The van der Waals surface area contributed by atoms with E-state index in [1.54, 1.807) is 0 Å². The average Bonchev–Trinajstić information content (AvgIpc) is 3.59. The van der Waals surface area contributed by atoms with Gasteiger partial charge in [0.1, 0.15) is 0 Å². The van der Waals surface area contributed by atoms with Crippen LogP contribution in [0.3, 0.4) is 0 Å². The van der Waals surface area contributed by atoms with Gasteiger partial charge in [0.2, 0.25) is 0 Å². The summed E-state index contributed by atoms with van der Waals surface area (Å²) in [6.45, 7) is 4.37. The van der Waals surface area contributed by atoms with E-state index in [0.717, 1.165) is 44.9 Å². The summed E-state index contributed by atoms with van der Waals surface area (Å²) < 4.78 is 2.28. The van der Waals surface area contributed by atoms with Crippen LogP contribution in [-0.4, -0.2) is 42.6 Å². The van der Waals surface area contributed by atoms with Gasteiger partial charge in [0.25, 0.3) is 0 Å². The Labute approximate surface area is 217 Å². The number of benzene rings is 1. The van der Waals surface area contributed by atoms with Gasteiger partial charge < -0.3 is 12.4 Å². The van der Waals surface area contributed by atoms with Crippen molar-refractivity contribution in [3.05, 3.63) is 94.6 Å². The predicted octanol–water partition coefficient (Wildman–Crippen LogP) is 6.79. The number of rotatable bonds is 1. The summed E-state index contributed by atoms with van der Waals surface area (Å²) in [6, 6.07) is 21.1. The van der Waals surface area contributed by atoms with Crippen molar-refractivity contribution in [3.63, 3.8) is 0 Å². The van der Waals surface area contributed by atoms with Crippen LogP contribution in [0.25, 0.3) is 57.5 Å². The summed E-state index contributed by atoms with van der Waals surface area (Å²) in [5, 5.41) is 0. The van der Waals surface area contributed by atoms with Gasteiger partial charge in [0, 0.05) is 29.2 Å². The number of aromatic nitrogens is 4. The zero-order valence-electron chi connectivity index (χ0n) is 21.6. The van der Waals surface area contributed by atoms with Crippen LogP contribution in [0.15, 0.2) is 60.7 Å². The molecule has 0 saturated carbocycles. The van der Waals surface area contributed by atoms with E-state index in [1.807, 2.05) is 0 Å². The maximum Gasteiger partial charge on any atom is 2.00 e. The average molecular weight is 455 g/mol. The van der Waals surface area contributed by atoms with Gasteiger partial charge in [0.05, 0.1) is 28.3 Å². The van der Waals surface area contributed by atoms with E-state index in [1.165, 1.54) is 22.2 Å². The molecule has 1 N–H and O–H groups in total. The minimum absolute atomic E-state index is 0. The Morgan fingerprint density at radius 2 is 1.35 bits per heavy atom. The molecule has 6 rings (SSSR count). The van der Waals surface area contributed by atoms with Crippen LogP contribution in [0.5, 0.6) is 0 Å². The third-order valence-electron chi connectivity index (χ3n) is 6.45. The Morgan fingerprint density at radius 3 is 2.06 bits per heavy atom. The van der Waals surface area contributed by atoms with Crippen molar-refractivity contribution < 1.29 is 2.85 Å². The zero-order chi connectivity index (χ0) is 22.5. The molecule has 2 aliphatic rings. The van der Waals surface area contributed by atoms with Gasteiger partial charge in [-0.1, -0.05) is 30.3 Å². The standard InChI is InChI=1S/C29H24N4.Mg.2H/c1-18-26-14-13-24(32-26)16-23-10-9-21(30-23)15-22-11-12-25(31-22)17-27-28(19(2)29(18)33(27)3)20-7-5-4-6-8-20;;;/h4-17,30H,1-3H3;;;/q;+2;2*-1. The van der Waals surface area contributed by atoms with Crippen molar-refractivity contribution in [1.82, 2.24) is 19.5 Å². The fourth-order valence-corrected chi connectivity index (χ4v) is 4.92. The number of nitrogens with zero attached hydrogens (tertiary/aromatic N) is 3. The summed E-state index contributed by atoms with van der Waals surface area (Å²) in [5.74, 6) is 0. The second kappa shape index (κ2) is 8.74. The van der Waals surface area contributed by atoms with Gasteiger partial charge in [-0.05, 0) is 85.2 Å². The number of hydrogen-bond acceptors (Lipinski definition) is 2. The Morgan fingerprint density at radius 1 is 0.735 bits per heavy atom. The maximum absolute atomic E-state index is 4.93.